The van der Waals surface area contributed by atoms with E-state index in [0.717, 1.165) is 29.1 Å². The van der Waals surface area contributed by atoms with Crippen LogP contribution < -0.4 is 5.32 Å². The molecule has 7 nitrogen and oxygen atoms in total. The number of rotatable bonds is 4. The monoisotopic (exact) mass is 455 g/mol. The molecule has 0 aromatic carbocycles. The van der Waals surface area contributed by atoms with Gasteiger partial charge in [0.1, 0.15) is 5.78 Å². The second-order valence-electron chi connectivity index (χ2n) is 7.77. The van der Waals surface area contributed by atoms with Gasteiger partial charge in [-0.25, -0.2) is 9.67 Å². The van der Waals surface area contributed by atoms with E-state index in [4.69, 9.17) is 0 Å². The zero-order chi connectivity index (χ0) is 23.8. The number of aromatic nitrogens is 4. The van der Waals surface area contributed by atoms with Gasteiger partial charge in [0.25, 0.3) is 5.91 Å². The van der Waals surface area contributed by atoms with E-state index < -0.39 is 17.6 Å². The summed E-state index contributed by atoms with van der Waals surface area (Å²) < 4.78 is 39.6. The third-order valence-corrected chi connectivity index (χ3v) is 5.44. The molecule has 1 aliphatic carbocycles. The van der Waals surface area contributed by atoms with E-state index in [2.05, 4.69) is 20.4 Å². The Morgan fingerprint density at radius 3 is 2.48 bits per heavy atom. The van der Waals surface area contributed by atoms with Gasteiger partial charge >= 0.3 is 6.18 Å². The molecule has 0 atom stereocenters. The molecular formula is C23H20F3N5O2. The highest BCUT2D eigenvalue weighted by molar-refractivity contribution is 6.05. The van der Waals surface area contributed by atoms with E-state index in [1.165, 1.54) is 16.9 Å². The van der Waals surface area contributed by atoms with Crippen LogP contribution in [0.2, 0.25) is 0 Å². The Morgan fingerprint density at radius 1 is 1.09 bits per heavy atom. The lowest BCUT2D eigenvalue weighted by atomic mass is 9.94. The minimum atomic E-state index is -4.48. The summed E-state index contributed by atoms with van der Waals surface area (Å²) >= 11 is 0. The quantitative estimate of drug-likeness (QED) is 0.617. The number of carbonyl (C=O) groups excluding carboxylic acids is 2. The highest BCUT2D eigenvalue weighted by atomic mass is 19.4. The van der Waals surface area contributed by atoms with Gasteiger partial charge in [-0.15, -0.1) is 0 Å². The van der Waals surface area contributed by atoms with Crippen LogP contribution in [0.15, 0.2) is 42.9 Å². The highest BCUT2D eigenvalue weighted by Crippen LogP contribution is 2.29. The number of pyridine rings is 2. The number of alkyl halides is 3. The Labute approximate surface area is 187 Å². The van der Waals surface area contributed by atoms with E-state index in [9.17, 15) is 22.8 Å². The SMILES string of the molecule is Cc1cc(NC(=O)c2cnn(-c3ccc(C(F)(F)F)cn3)c2C)cnc1C1=CCC(=O)CC1. The maximum atomic E-state index is 12.8. The van der Waals surface area contributed by atoms with Crippen molar-refractivity contribution in [3.8, 4) is 5.82 Å². The van der Waals surface area contributed by atoms with Crippen molar-refractivity contribution < 1.29 is 22.8 Å². The Morgan fingerprint density at radius 2 is 1.88 bits per heavy atom. The molecule has 3 heterocycles. The molecule has 0 saturated heterocycles. The lowest BCUT2D eigenvalue weighted by molar-refractivity contribution is -0.137. The lowest BCUT2D eigenvalue weighted by Crippen LogP contribution is -2.14. The summed E-state index contributed by atoms with van der Waals surface area (Å²) in [4.78, 5) is 32.5. The van der Waals surface area contributed by atoms with Crippen molar-refractivity contribution in [2.24, 2.45) is 0 Å². The molecule has 0 unspecified atom stereocenters. The molecule has 0 aliphatic heterocycles. The number of nitrogens with zero attached hydrogens (tertiary/aromatic N) is 4. The summed E-state index contributed by atoms with van der Waals surface area (Å²) in [6, 6.07) is 3.91. The van der Waals surface area contributed by atoms with E-state index >= 15 is 0 Å². The predicted molar refractivity (Wildman–Crippen MR) is 115 cm³/mol. The number of anilines is 1. The molecule has 0 radical (unpaired) electrons. The minimum Gasteiger partial charge on any atom is -0.320 e. The highest BCUT2D eigenvalue weighted by Gasteiger charge is 2.31. The van der Waals surface area contributed by atoms with Gasteiger partial charge in [-0.1, -0.05) is 6.08 Å². The normalized spacial score (nSPS) is 14.2. The van der Waals surface area contributed by atoms with Crippen molar-refractivity contribution in [3.63, 3.8) is 0 Å². The number of hydrogen-bond donors (Lipinski definition) is 1. The molecule has 0 bridgehead atoms. The first-order chi connectivity index (χ1) is 15.6. The van der Waals surface area contributed by atoms with Crippen LogP contribution in [0.4, 0.5) is 18.9 Å². The Hall–Kier alpha value is -3.82. The van der Waals surface area contributed by atoms with E-state index in [-0.39, 0.29) is 17.2 Å². The van der Waals surface area contributed by atoms with Crippen molar-refractivity contribution in [1.82, 2.24) is 19.7 Å². The fourth-order valence-electron chi connectivity index (χ4n) is 3.65. The third kappa shape index (κ3) is 4.69. The van der Waals surface area contributed by atoms with Crippen molar-refractivity contribution in [1.29, 1.82) is 0 Å². The lowest BCUT2D eigenvalue weighted by Gasteiger charge is -2.14. The minimum absolute atomic E-state index is 0.167. The van der Waals surface area contributed by atoms with Gasteiger partial charge in [0, 0.05) is 19.0 Å². The van der Waals surface area contributed by atoms with Crippen LogP contribution in [-0.4, -0.2) is 31.4 Å². The number of nitrogens with one attached hydrogen (secondary N) is 1. The Balaban J connectivity index is 1.51. The summed E-state index contributed by atoms with van der Waals surface area (Å²) in [5.41, 5.74) is 3.01. The summed E-state index contributed by atoms with van der Waals surface area (Å²) in [5.74, 6) is -0.0505. The largest absolute Gasteiger partial charge is 0.417 e. The average Bonchev–Trinajstić information content (AvgIpc) is 3.15. The first kappa shape index (κ1) is 22.4. The van der Waals surface area contributed by atoms with E-state index in [0.29, 0.717) is 30.6 Å². The van der Waals surface area contributed by atoms with Crippen LogP contribution in [0, 0.1) is 13.8 Å². The van der Waals surface area contributed by atoms with Crippen molar-refractivity contribution in [2.45, 2.75) is 39.3 Å². The second kappa shape index (κ2) is 8.61. The predicted octanol–water partition coefficient (Wildman–Crippen LogP) is 4.69. The van der Waals surface area contributed by atoms with Crippen LogP contribution in [0.25, 0.3) is 11.4 Å². The molecule has 1 N–H and O–H groups in total. The zero-order valence-electron chi connectivity index (χ0n) is 17.9. The maximum Gasteiger partial charge on any atom is 0.417 e. The molecule has 3 aromatic rings. The molecule has 0 fully saturated rings. The van der Waals surface area contributed by atoms with Crippen LogP contribution in [-0.2, 0) is 11.0 Å². The number of hydrogen-bond acceptors (Lipinski definition) is 5. The van der Waals surface area contributed by atoms with E-state index in [1.807, 2.05) is 13.0 Å². The third-order valence-electron chi connectivity index (χ3n) is 5.44. The number of halogens is 3. The fraction of sp³-hybridized carbons (Fsp3) is 0.261. The van der Waals surface area contributed by atoms with Crippen LogP contribution >= 0.6 is 0 Å². The Kier molecular flexibility index (Phi) is 5.84. The van der Waals surface area contributed by atoms with Crippen molar-refractivity contribution >= 4 is 23.0 Å². The fourth-order valence-corrected chi connectivity index (χ4v) is 3.65. The summed E-state index contributed by atoms with van der Waals surface area (Å²) in [6.07, 6.45) is 2.58. The summed E-state index contributed by atoms with van der Waals surface area (Å²) in [7, 11) is 0. The maximum absolute atomic E-state index is 12.8. The molecule has 10 heteroatoms. The number of amides is 1. The smallest absolute Gasteiger partial charge is 0.320 e. The van der Waals surface area contributed by atoms with Gasteiger partial charge in [-0.3, -0.25) is 14.6 Å². The molecular weight excluding hydrogens is 435 g/mol. The molecule has 170 valence electrons. The van der Waals surface area contributed by atoms with Gasteiger partial charge < -0.3 is 5.32 Å². The topological polar surface area (TPSA) is 89.8 Å². The molecule has 33 heavy (non-hydrogen) atoms. The van der Waals surface area contributed by atoms with Crippen LogP contribution in [0.5, 0.6) is 0 Å². The number of carbonyl (C=O) groups is 2. The number of Topliss-reactive ketones (excluding diaryl/α,β-unsaturated/α-hetero) is 1. The van der Waals surface area contributed by atoms with Crippen LogP contribution in [0.3, 0.4) is 0 Å². The van der Waals surface area contributed by atoms with Crippen molar-refractivity contribution in [3.05, 3.63) is 70.9 Å². The number of aryl methyl sites for hydroxylation is 1. The van der Waals surface area contributed by atoms with Gasteiger partial charge in [-0.2, -0.15) is 18.3 Å². The van der Waals surface area contributed by atoms with Crippen molar-refractivity contribution in [2.75, 3.05) is 5.32 Å². The van der Waals surface area contributed by atoms with Crippen LogP contribution in [0.1, 0.15) is 52.1 Å². The molecule has 1 aliphatic rings. The van der Waals surface area contributed by atoms with Gasteiger partial charge in [0.05, 0.1) is 40.6 Å². The standard InChI is InChI=1S/C23H20F3N5O2/c1-13-9-17(11-28-21(13)15-3-6-18(32)7-4-15)30-22(33)19-12-29-31(14(19)2)20-8-5-16(10-27-20)23(24,25)26/h3,5,8-12H,4,6-7H2,1-2H3,(H,30,33). The number of allylic oxidation sites excluding steroid dienone is 2. The first-order valence-corrected chi connectivity index (χ1v) is 10.2. The summed E-state index contributed by atoms with van der Waals surface area (Å²) in [5, 5.41) is 6.87. The summed E-state index contributed by atoms with van der Waals surface area (Å²) in [6.45, 7) is 3.51. The van der Waals surface area contributed by atoms with Gasteiger partial charge in [0.2, 0.25) is 0 Å². The molecule has 3 aromatic heterocycles. The van der Waals surface area contributed by atoms with E-state index in [1.54, 1.807) is 19.2 Å². The average molecular weight is 455 g/mol. The first-order valence-electron chi connectivity index (χ1n) is 10.2. The molecule has 0 spiro atoms. The number of ketones is 1. The molecule has 0 saturated carbocycles. The van der Waals surface area contributed by atoms with Gasteiger partial charge in [-0.05, 0) is 49.6 Å². The van der Waals surface area contributed by atoms with Gasteiger partial charge in [0.15, 0.2) is 5.82 Å². The molecule has 4 rings (SSSR count). The zero-order valence-corrected chi connectivity index (χ0v) is 17.9. The Bertz CT molecular complexity index is 1260. The second-order valence-corrected chi connectivity index (χ2v) is 7.77. The molecule has 1 amide bonds.